The first-order valence-electron chi connectivity index (χ1n) is 4.50. The molecule has 1 rings (SSSR count). The van der Waals surface area contributed by atoms with E-state index in [2.05, 4.69) is 0 Å². The average Bonchev–Trinajstić information content (AvgIpc) is 2.17. The van der Waals surface area contributed by atoms with Crippen LogP contribution in [-0.4, -0.2) is 21.1 Å². The number of para-hydroxylation sites is 1. The van der Waals surface area contributed by atoms with Gasteiger partial charge in [0.2, 0.25) is 0 Å². The molecule has 4 heteroatoms. The van der Waals surface area contributed by atoms with E-state index < -0.39 is 11.1 Å². The summed E-state index contributed by atoms with van der Waals surface area (Å²) in [7, 11) is 0. The molecule has 0 radical (unpaired) electrons. The molecule has 0 aromatic heterocycles. The van der Waals surface area contributed by atoms with Crippen LogP contribution in [0.5, 0.6) is 5.75 Å². The standard InChI is InChI=1S/C10H14O3S/c1-2-13-10-6-4-3-5-9(10)7-8-14(11)12/h3-6H,2,7-8H2,1H3,(H,11,12)/p-1. The fourth-order valence-electron chi connectivity index (χ4n) is 1.20. The highest BCUT2D eigenvalue weighted by molar-refractivity contribution is 7.79. The van der Waals surface area contributed by atoms with Crippen LogP contribution in [0.25, 0.3) is 0 Å². The van der Waals surface area contributed by atoms with E-state index in [9.17, 15) is 8.76 Å². The van der Waals surface area contributed by atoms with Crippen LogP contribution in [0.3, 0.4) is 0 Å². The van der Waals surface area contributed by atoms with Crippen LogP contribution < -0.4 is 4.74 Å². The summed E-state index contributed by atoms with van der Waals surface area (Å²) in [6, 6.07) is 7.50. The van der Waals surface area contributed by atoms with Crippen molar-refractivity contribution in [2.75, 3.05) is 12.4 Å². The zero-order valence-corrected chi connectivity index (χ0v) is 8.88. The van der Waals surface area contributed by atoms with Crippen LogP contribution in [-0.2, 0) is 17.5 Å². The SMILES string of the molecule is CCOc1ccccc1CCS(=O)[O-]. The van der Waals surface area contributed by atoms with Gasteiger partial charge in [-0.1, -0.05) is 29.3 Å². The highest BCUT2D eigenvalue weighted by Crippen LogP contribution is 2.18. The molecule has 0 N–H and O–H groups in total. The Balaban J connectivity index is 2.68. The van der Waals surface area contributed by atoms with Gasteiger partial charge < -0.3 is 9.29 Å². The summed E-state index contributed by atoms with van der Waals surface area (Å²) in [5.41, 5.74) is 0.943. The number of ether oxygens (including phenoxy) is 1. The Hall–Kier alpha value is -0.870. The molecule has 0 heterocycles. The van der Waals surface area contributed by atoms with Crippen molar-refractivity contribution in [2.24, 2.45) is 0 Å². The third kappa shape index (κ3) is 3.47. The van der Waals surface area contributed by atoms with Crippen molar-refractivity contribution in [1.82, 2.24) is 0 Å². The first-order valence-corrected chi connectivity index (χ1v) is 5.75. The molecule has 1 aromatic carbocycles. The van der Waals surface area contributed by atoms with Gasteiger partial charge in [-0.05, 0) is 25.0 Å². The molecule has 0 bridgehead atoms. The highest BCUT2D eigenvalue weighted by Gasteiger charge is 2.01. The normalized spacial score (nSPS) is 12.4. The fourth-order valence-corrected chi connectivity index (χ4v) is 1.59. The summed E-state index contributed by atoms with van der Waals surface area (Å²) in [6.45, 7) is 2.50. The summed E-state index contributed by atoms with van der Waals surface area (Å²) in [6.07, 6.45) is 0.506. The predicted octanol–water partition coefficient (Wildman–Crippen LogP) is 1.51. The molecule has 1 aromatic rings. The molecule has 3 nitrogen and oxygen atoms in total. The molecular weight excluding hydrogens is 200 g/mol. The van der Waals surface area contributed by atoms with Gasteiger partial charge in [0.15, 0.2) is 0 Å². The molecule has 1 unspecified atom stereocenters. The van der Waals surface area contributed by atoms with Crippen molar-refractivity contribution in [3.8, 4) is 5.75 Å². The first-order chi connectivity index (χ1) is 6.74. The molecule has 0 saturated heterocycles. The van der Waals surface area contributed by atoms with Gasteiger partial charge in [0, 0.05) is 5.75 Å². The Bertz CT molecular complexity index is 312. The lowest BCUT2D eigenvalue weighted by atomic mass is 10.1. The second-order valence-electron chi connectivity index (χ2n) is 2.80. The van der Waals surface area contributed by atoms with Gasteiger partial charge in [0.05, 0.1) is 6.61 Å². The van der Waals surface area contributed by atoms with E-state index in [1.54, 1.807) is 0 Å². The molecule has 14 heavy (non-hydrogen) atoms. The monoisotopic (exact) mass is 213 g/mol. The lowest BCUT2D eigenvalue weighted by molar-refractivity contribution is 0.337. The van der Waals surface area contributed by atoms with Gasteiger partial charge in [0.25, 0.3) is 0 Å². The van der Waals surface area contributed by atoms with Crippen molar-refractivity contribution in [3.63, 3.8) is 0 Å². The van der Waals surface area contributed by atoms with E-state index in [1.165, 1.54) is 0 Å². The summed E-state index contributed by atoms with van der Waals surface area (Å²) < 4.78 is 26.2. The summed E-state index contributed by atoms with van der Waals surface area (Å²) in [5, 5.41) is 0. The molecule has 78 valence electrons. The zero-order chi connectivity index (χ0) is 10.4. The Morgan fingerprint density at radius 3 is 2.79 bits per heavy atom. The Labute approximate surface area is 86.4 Å². The molecule has 0 fully saturated rings. The zero-order valence-electron chi connectivity index (χ0n) is 8.06. The van der Waals surface area contributed by atoms with Gasteiger partial charge in [-0.3, -0.25) is 4.21 Å². The van der Waals surface area contributed by atoms with Crippen molar-refractivity contribution in [1.29, 1.82) is 0 Å². The van der Waals surface area contributed by atoms with Crippen LogP contribution in [0.15, 0.2) is 24.3 Å². The Kier molecular flexibility index (Phi) is 4.62. The van der Waals surface area contributed by atoms with Crippen molar-refractivity contribution < 1.29 is 13.5 Å². The number of rotatable bonds is 5. The van der Waals surface area contributed by atoms with Gasteiger partial charge in [-0.2, -0.15) is 0 Å². The Morgan fingerprint density at radius 2 is 2.14 bits per heavy atom. The minimum Gasteiger partial charge on any atom is -0.772 e. The second-order valence-corrected chi connectivity index (χ2v) is 3.81. The van der Waals surface area contributed by atoms with E-state index in [-0.39, 0.29) is 5.75 Å². The summed E-state index contributed by atoms with van der Waals surface area (Å²) in [5.74, 6) is 0.921. The van der Waals surface area contributed by atoms with Crippen LogP contribution in [0.1, 0.15) is 12.5 Å². The minimum absolute atomic E-state index is 0.143. The van der Waals surface area contributed by atoms with E-state index in [4.69, 9.17) is 4.74 Å². The van der Waals surface area contributed by atoms with Crippen molar-refractivity contribution in [3.05, 3.63) is 29.8 Å². The topological polar surface area (TPSA) is 49.4 Å². The molecule has 1 atom stereocenters. The number of hydrogen-bond donors (Lipinski definition) is 0. The van der Waals surface area contributed by atoms with E-state index in [1.807, 2.05) is 31.2 Å². The third-order valence-corrected chi connectivity index (χ3v) is 2.35. The van der Waals surface area contributed by atoms with Gasteiger partial charge in [-0.15, -0.1) is 0 Å². The van der Waals surface area contributed by atoms with E-state index >= 15 is 0 Å². The predicted molar refractivity (Wildman–Crippen MR) is 55.1 cm³/mol. The maximum atomic E-state index is 10.4. The van der Waals surface area contributed by atoms with E-state index in [0.717, 1.165) is 11.3 Å². The average molecular weight is 213 g/mol. The minimum atomic E-state index is -1.98. The highest BCUT2D eigenvalue weighted by atomic mass is 32.2. The lowest BCUT2D eigenvalue weighted by Gasteiger charge is -2.10. The summed E-state index contributed by atoms with van der Waals surface area (Å²) in [4.78, 5) is 0. The summed E-state index contributed by atoms with van der Waals surface area (Å²) >= 11 is -1.98. The maximum Gasteiger partial charge on any atom is 0.122 e. The van der Waals surface area contributed by atoms with E-state index in [0.29, 0.717) is 13.0 Å². The van der Waals surface area contributed by atoms with Crippen LogP contribution in [0, 0.1) is 0 Å². The Morgan fingerprint density at radius 1 is 1.43 bits per heavy atom. The smallest absolute Gasteiger partial charge is 0.122 e. The van der Waals surface area contributed by atoms with Gasteiger partial charge in [-0.25, -0.2) is 0 Å². The van der Waals surface area contributed by atoms with Crippen molar-refractivity contribution in [2.45, 2.75) is 13.3 Å². The van der Waals surface area contributed by atoms with Crippen LogP contribution in [0.2, 0.25) is 0 Å². The number of aryl methyl sites for hydroxylation is 1. The largest absolute Gasteiger partial charge is 0.772 e. The maximum absolute atomic E-state index is 10.4. The van der Waals surface area contributed by atoms with Crippen LogP contribution in [0.4, 0.5) is 0 Å². The number of benzene rings is 1. The lowest BCUT2D eigenvalue weighted by Crippen LogP contribution is -2.02. The third-order valence-electron chi connectivity index (χ3n) is 1.81. The molecule has 0 spiro atoms. The van der Waals surface area contributed by atoms with Crippen LogP contribution >= 0.6 is 0 Å². The molecule has 0 amide bonds. The quantitative estimate of drug-likeness (QED) is 0.696. The molecule has 0 saturated carbocycles. The van der Waals surface area contributed by atoms with Crippen molar-refractivity contribution >= 4 is 11.1 Å². The van der Waals surface area contributed by atoms with Gasteiger partial charge in [0.1, 0.15) is 5.75 Å². The fraction of sp³-hybridized carbons (Fsp3) is 0.400. The molecular formula is C10H13O3S-. The second kappa shape index (κ2) is 5.78. The number of hydrogen-bond acceptors (Lipinski definition) is 3. The molecule has 0 aliphatic carbocycles. The molecule has 0 aliphatic heterocycles. The first kappa shape index (κ1) is 11.2. The van der Waals surface area contributed by atoms with Gasteiger partial charge >= 0.3 is 0 Å². The molecule has 0 aliphatic rings.